The van der Waals surface area contributed by atoms with Crippen LogP contribution in [0.15, 0.2) is 16.5 Å². The van der Waals surface area contributed by atoms with Crippen molar-refractivity contribution < 1.29 is 17.6 Å². The molecule has 1 aromatic rings. The van der Waals surface area contributed by atoms with Gasteiger partial charge in [0, 0.05) is 12.6 Å². The summed E-state index contributed by atoms with van der Waals surface area (Å²) < 4.78 is 41.8. The lowest BCUT2D eigenvalue weighted by atomic mass is 10.3. The van der Waals surface area contributed by atoms with E-state index in [1.54, 1.807) is 18.0 Å². The number of alkyl halides is 3. The fourth-order valence-corrected chi connectivity index (χ4v) is 1.57. The summed E-state index contributed by atoms with van der Waals surface area (Å²) in [4.78, 5) is 1.60. The molecule has 0 saturated carbocycles. The second kappa shape index (κ2) is 6.96. The van der Waals surface area contributed by atoms with Crippen molar-refractivity contribution in [1.82, 2.24) is 10.2 Å². The average molecular weight is 278 g/mol. The van der Waals surface area contributed by atoms with Crippen LogP contribution in [0, 0.1) is 0 Å². The average Bonchev–Trinajstić information content (AvgIpc) is 2.70. The summed E-state index contributed by atoms with van der Waals surface area (Å²) >= 11 is 0. The lowest BCUT2D eigenvalue weighted by Crippen LogP contribution is -2.24. The molecule has 0 aliphatic rings. The highest BCUT2D eigenvalue weighted by Crippen LogP contribution is 2.20. The van der Waals surface area contributed by atoms with Crippen LogP contribution in [0.2, 0.25) is 0 Å². The molecule has 0 atom stereocenters. The third-order valence-electron chi connectivity index (χ3n) is 2.60. The van der Waals surface area contributed by atoms with Gasteiger partial charge >= 0.3 is 6.18 Å². The number of hydrogen-bond donors (Lipinski definition) is 1. The van der Waals surface area contributed by atoms with Crippen molar-refractivity contribution in [2.45, 2.75) is 45.6 Å². The summed E-state index contributed by atoms with van der Waals surface area (Å²) in [6.45, 7) is 5.06. The number of nitrogens with one attached hydrogen (secondary N) is 1. The molecule has 0 amide bonds. The zero-order chi connectivity index (χ0) is 14.5. The Hall–Kier alpha value is -1.01. The second-order valence-corrected chi connectivity index (χ2v) is 5.01. The van der Waals surface area contributed by atoms with Gasteiger partial charge in [-0.15, -0.1) is 0 Å². The van der Waals surface area contributed by atoms with E-state index in [1.165, 1.54) is 0 Å². The van der Waals surface area contributed by atoms with E-state index in [0.717, 1.165) is 5.76 Å². The summed E-state index contributed by atoms with van der Waals surface area (Å²) in [5.41, 5.74) is 0. The lowest BCUT2D eigenvalue weighted by molar-refractivity contribution is -0.137. The Labute approximate surface area is 111 Å². The van der Waals surface area contributed by atoms with Crippen molar-refractivity contribution in [1.29, 1.82) is 0 Å². The lowest BCUT2D eigenvalue weighted by Gasteiger charge is -2.16. The fraction of sp³-hybridized carbons (Fsp3) is 0.692. The first-order valence-corrected chi connectivity index (χ1v) is 6.32. The van der Waals surface area contributed by atoms with Crippen LogP contribution in [-0.4, -0.2) is 30.7 Å². The van der Waals surface area contributed by atoms with E-state index in [4.69, 9.17) is 4.42 Å². The van der Waals surface area contributed by atoms with E-state index < -0.39 is 12.6 Å². The van der Waals surface area contributed by atoms with Gasteiger partial charge in [0.15, 0.2) is 0 Å². The van der Waals surface area contributed by atoms with Crippen LogP contribution in [0.4, 0.5) is 13.2 Å². The van der Waals surface area contributed by atoms with Crippen LogP contribution in [0.5, 0.6) is 0 Å². The summed E-state index contributed by atoms with van der Waals surface area (Å²) in [7, 11) is 1.65. The summed E-state index contributed by atoms with van der Waals surface area (Å²) in [5.74, 6) is 1.48. The highest BCUT2D eigenvalue weighted by Gasteiger charge is 2.27. The van der Waals surface area contributed by atoms with Gasteiger partial charge in [-0.05, 0) is 19.2 Å². The molecule has 0 spiro atoms. The van der Waals surface area contributed by atoms with E-state index in [9.17, 15) is 13.2 Å². The van der Waals surface area contributed by atoms with Crippen LogP contribution in [0.25, 0.3) is 0 Å². The van der Waals surface area contributed by atoms with E-state index in [2.05, 4.69) is 5.32 Å². The van der Waals surface area contributed by atoms with Gasteiger partial charge in [0.2, 0.25) is 0 Å². The zero-order valence-electron chi connectivity index (χ0n) is 11.5. The maximum atomic E-state index is 12.1. The Morgan fingerprint density at radius 1 is 1.26 bits per heavy atom. The van der Waals surface area contributed by atoms with E-state index in [0.29, 0.717) is 24.9 Å². The molecular formula is C13H21F3N2O. The van der Waals surface area contributed by atoms with E-state index in [1.807, 2.05) is 19.9 Å². The van der Waals surface area contributed by atoms with Crippen molar-refractivity contribution >= 4 is 0 Å². The van der Waals surface area contributed by atoms with Gasteiger partial charge in [-0.25, -0.2) is 0 Å². The standard InChI is InChI=1S/C13H21F3N2O/c1-10(2)17-8-11-4-5-12(19-11)9-18(3)7-6-13(14,15)16/h4-5,10,17H,6-9H2,1-3H3. The summed E-state index contributed by atoms with van der Waals surface area (Å²) in [5, 5.41) is 3.22. The number of hydrogen-bond acceptors (Lipinski definition) is 3. The second-order valence-electron chi connectivity index (χ2n) is 5.01. The maximum Gasteiger partial charge on any atom is 0.390 e. The summed E-state index contributed by atoms with van der Waals surface area (Å²) in [6, 6.07) is 4.02. The van der Waals surface area contributed by atoms with Gasteiger partial charge < -0.3 is 9.73 Å². The zero-order valence-corrected chi connectivity index (χ0v) is 11.5. The largest absolute Gasteiger partial charge is 0.463 e. The minimum absolute atomic E-state index is 0.0240. The number of furan rings is 1. The van der Waals surface area contributed by atoms with Gasteiger partial charge in [0.1, 0.15) is 11.5 Å². The third-order valence-corrected chi connectivity index (χ3v) is 2.60. The Morgan fingerprint density at radius 2 is 1.89 bits per heavy atom. The van der Waals surface area contributed by atoms with Gasteiger partial charge in [-0.2, -0.15) is 13.2 Å². The first kappa shape index (κ1) is 16.0. The molecule has 0 unspecified atom stereocenters. The fourth-order valence-electron chi connectivity index (χ4n) is 1.57. The van der Waals surface area contributed by atoms with Crippen LogP contribution in [-0.2, 0) is 13.1 Å². The van der Waals surface area contributed by atoms with Crippen molar-refractivity contribution in [2.75, 3.05) is 13.6 Å². The van der Waals surface area contributed by atoms with Crippen molar-refractivity contribution in [3.63, 3.8) is 0 Å². The van der Waals surface area contributed by atoms with E-state index in [-0.39, 0.29) is 6.54 Å². The first-order chi connectivity index (χ1) is 8.76. The number of rotatable bonds is 7. The molecule has 19 heavy (non-hydrogen) atoms. The van der Waals surface area contributed by atoms with Gasteiger partial charge in [-0.3, -0.25) is 4.90 Å². The molecule has 6 heteroatoms. The molecule has 0 saturated heterocycles. The highest BCUT2D eigenvalue weighted by atomic mass is 19.4. The first-order valence-electron chi connectivity index (χ1n) is 6.32. The minimum atomic E-state index is -4.11. The Kier molecular flexibility index (Phi) is 5.87. The smallest absolute Gasteiger partial charge is 0.390 e. The maximum absolute atomic E-state index is 12.1. The van der Waals surface area contributed by atoms with E-state index >= 15 is 0 Å². The predicted molar refractivity (Wildman–Crippen MR) is 67.7 cm³/mol. The highest BCUT2D eigenvalue weighted by molar-refractivity contribution is 5.07. The molecule has 0 bridgehead atoms. The molecule has 1 N–H and O–H groups in total. The molecule has 0 aliphatic heterocycles. The molecule has 0 fully saturated rings. The van der Waals surface area contributed by atoms with Gasteiger partial charge in [0.25, 0.3) is 0 Å². The Balaban J connectivity index is 2.36. The molecule has 3 nitrogen and oxygen atoms in total. The Morgan fingerprint density at radius 3 is 2.47 bits per heavy atom. The van der Waals surface area contributed by atoms with Crippen LogP contribution >= 0.6 is 0 Å². The molecule has 1 rings (SSSR count). The van der Waals surface area contributed by atoms with Gasteiger partial charge in [-0.1, -0.05) is 13.8 Å². The third kappa shape index (κ3) is 7.22. The van der Waals surface area contributed by atoms with Crippen LogP contribution in [0.3, 0.4) is 0 Å². The van der Waals surface area contributed by atoms with Gasteiger partial charge in [0.05, 0.1) is 19.5 Å². The van der Waals surface area contributed by atoms with Crippen LogP contribution < -0.4 is 5.32 Å². The number of nitrogens with zero attached hydrogens (tertiary/aromatic N) is 1. The van der Waals surface area contributed by atoms with Crippen molar-refractivity contribution in [3.8, 4) is 0 Å². The quantitative estimate of drug-likeness (QED) is 0.830. The van der Waals surface area contributed by atoms with Crippen molar-refractivity contribution in [3.05, 3.63) is 23.7 Å². The monoisotopic (exact) mass is 278 g/mol. The molecule has 110 valence electrons. The normalized spacial score (nSPS) is 12.6. The molecule has 0 aromatic carbocycles. The predicted octanol–water partition coefficient (Wildman–Crippen LogP) is 3.16. The minimum Gasteiger partial charge on any atom is -0.463 e. The number of halogens is 3. The molecule has 0 aliphatic carbocycles. The SMILES string of the molecule is CC(C)NCc1ccc(CN(C)CCC(F)(F)F)o1. The Bertz CT molecular complexity index is 374. The summed E-state index contributed by atoms with van der Waals surface area (Å²) in [6.07, 6.45) is -4.91. The molecule has 1 heterocycles. The molecular weight excluding hydrogens is 257 g/mol. The molecule has 1 aromatic heterocycles. The van der Waals surface area contributed by atoms with Crippen molar-refractivity contribution in [2.24, 2.45) is 0 Å². The topological polar surface area (TPSA) is 28.4 Å². The molecule has 0 radical (unpaired) electrons. The van der Waals surface area contributed by atoms with Crippen LogP contribution in [0.1, 0.15) is 31.8 Å².